The zero-order valence-electron chi connectivity index (χ0n) is 9.55. The first kappa shape index (κ1) is 12.6. The van der Waals surface area contributed by atoms with Gasteiger partial charge in [0.25, 0.3) is 0 Å². The fraction of sp³-hybridized carbons (Fsp3) is 0.500. The number of carboxylic acids is 1. The van der Waals surface area contributed by atoms with Crippen LogP contribution in [0, 0.1) is 5.92 Å². The van der Waals surface area contributed by atoms with Gasteiger partial charge in [-0.05, 0) is 25.5 Å². The molecule has 0 aliphatic rings. The SMILES string of the molecule is CCCC(C(=O)O)C(C)(O)c1ccccn1. The number of carbonyl (C=O) groups is 1. The Kier molecular flexibility index (Phi) is 4.01. The highest BCUT2D eigenvalue weighted by Crippen LogP contribution is 2.31. The summed E-state index contributed by atoms with van der Waals surface area (Å²) in [6, 6.07) is 5.11. The number of aliphatic hydroxyl groups is 1. The maximum atomic E-state index is 11.1. The smallest absolute Gasteiger partial charge is 0.309 e. The molecular formula is C12H17NO3. The predicted octanol–water partition coefficient (Wildman–Crippen LogP) is 1.79. The van der Waals surface area contributed by atoms with E-state index < -0.39 is 17.5 Å². The van der Waals surface area contributed by atoms with Crippen LogP contribution in [0.25, 0.3) is 0 Å². The van der Waals surface area contributed by atoms with E-state index >= 15 is 0 Å². The molecule has 0 amide bonds. The lowest BCUT2D eigenvalue weighted by molar-refractivity contribution is -0.152. The van der Waals surface area contributed by atoms with E-state index in [4.69, 9.17) is 5.11 Å². The molecule has 4 heteroatoms. The van der Waals surface area contributed by atoms with Crippen LogP contribution in [0.4, 0.5) is 0 Å². The van der Waals surface area contributed by atoms with E-state index in [1.165, 1.54) is 6.92 Å². The molecule has 2 N–H and O–H groups in total. The molecule has 0 radical (unpaired) electrons. The molecule has 1 heterocycles. The van der Waals surface area contributed by atoms with Gasteiger partial charge in [0.1, 0.15) is 5.60 Å². The van der Waals surface area contributed by atoms with Gasteiger partial charge in [-0.2, -0.15) is 0 Å². The van der Waals surface area contributed by atoms with Gasteiger partial charge in [-0.3, -0.25) is 9.78 Å². The molecule has 16 heavy (non-hydrogen) atoms. The van der Waals surface area contributed by atoms with Crippen molar-refractivity contribution in [3.8, 4) is 0 Å². The van der Waals surface area contributed by atoms with Crippen molar-refractivity contribution in [1.82, 2.24) is 4.98 Å². The fourth-order valence-electron chi connectivity index (χ4n) is 1.77. The van der Waals surface area contributed by atoms with Crippen molar-refractivity contribution >= 4 is 5.97 Å². The van der Waals surface area contributed by atoms with Gasteiger partial charge in [0.05, 0.1) is 11.6 Å². The number of nitrogens with zero attached hydrogens (tertiary/aromatic N) is 1. The summed E-state index contributed by atoms with van der Waals surface area (Å²) in [7, 11) is 0. The Morgan fingerprint density at radius 2 is 2.25 bits per heavy atom. The van der Waals surface area contributed by atoms with Gasteiger partial charge >= 0.3 is 5.97 Å². The largest absolute Gasteiger partial charge is 0.481 e. The minimum Gasteiger partial charge on any atom is -0.481 e. The molecule has 0 saturated carbocycles. The molecular weight excluding hydrogens is 206 g/mol. The number of aliphatic carboxylic acids is 1. The molecule has 0 fully saturated rings. The molecule has 1 aromatic rings. The van der Waals surface area contributed by atoms with Crippen molar-refractivity contribution in [2.45, 2.75) is 32.3 Å². The highest BCUT2D eigenvalue weighted by atomic mass is 16.4. The molecule has 4 nitrogen and oxygen atoms in total. The molecule has 0 aliphatic carbocycles. The third-order valence-electron chi connectivity index (χ3n) is 2.74. The summed E-state index contributed by atoms with van der Waals surface area (Å²) in [5.41, 5.74) is -1.03. The minimum atomic E-state index is -1.43. The Labute approximate surface area is 95.0 Å². The molecule has 0 spiro atoms. The van der Waals surface area contributed by atoms with E-state index in [2.05, 4.69) is 4.98 Å². The predicted molar refractivity (Wildman–Crippen MR) is 59.8 cm³/mol. The summed E-state index contributed by atoms with van der Waals surface area (Å²) in [6.07, 6.45) is 2.69. The van der Waals surface area contributed by atoms with Crippen molar-refractivity contribution in [1.29, 1.82) is 0 Å². The van der Waals surface area contributed by atoms with E-state index in [0.29, 0.717) is 18.5 Å². The van der Waals surface area contributed by atoms with Crippen molar-refractivity contribution in [2.24, 2.45) is 5.92 Å². The fourth-order valence-corrected chi connectivity index (χ4v) is 1.77. The van der Waals surface area contributed by atoms with Crippen LogP contribution >= 0.6 is 0 Å². The number of aromatic nitrogens is 1. The zero-order valence-corrected chi connectivity index (χ0v) is 9.55. The summed E-state index contributed by atoms with van der Waals surface area (Å²) < 4.78 is 0. The number of hydrogen-bond acceptors (Lipinski definition) is 3. The van der Waals surface area contributed by atoms with Crippen molar-refractivity contribution < 1.29 is 15.0 Å². The van der Waals surface area contributed by atoms with Gasteiger partial charge in [0, 0.05) is 6.20 Å². The monoisotopic (exact) mass is 223 g/mol. The van der Waals surface area contributed by atoms with E-state index in [-0.39, 0.29) is 0 Å². The van der Waals surface area contributed by atoms with Crippen LogP contribution in [-0.4, -0.2) is 21.2 Å². The summed E-state index contributed by atoms with van der Waals surface area (Å²) in [5.74, 6) is -1.81. The normalized spacial score (nSPS) is 16.4. The molecule has 0 aliphatic heterocycles. The summed E-state index contributed by atoms with van der Waals surface area (Å²) in [4.78, 5) is 15.1. The lowest BCUT2D eigenvalue weighted by atomic mass is 9.83. The van der Waals surface area contributed by atoms with E-state index in [1.807, 2.05) is 6.92 Å². The van der Waals surface area contributed by atoms with Crippen LogP contribution < -0.4 is 0 Å². The van der Waals surface area contributed by atoms with Gasteiger partial charge in [-0.25, -0.2) is 0 Å². The van der Waals surface area contributed by atoms with E-state index in [0.717, 1.165) is 0 Å². The van der Waals surface area contributed by atoms with Crippen LogP contribution in [0.5, 0.6) is 0 Å². The minimum absolute atomic E-state index is 0.399. The Hall–Kier alpha value is -1.42. The van der Waals surface area contributed by atoms with Gasteiger partial charge in [0.2, 0.25) is 0 Å². The molecule has 2 unspecified atom stereocenters. The molecule has 0 bridgehead atoms. The lowest BCUT2D eigenvalue weighted by Crippen LogP contribution is -2.37. The Morgan fingerprint density at radius 3 is 2.69 bits per heavy atom. The standard InChI is InChI=1S/C12H17NO3/c1-3-6-9(11(14)15)12(2,16)10-7-4-5-8-13-10/h4-5,7-9,16H,3,6H2,1-2H3,(H,14,15). The molecule has 1 aromatic heterocycles. The van der Waals surface area contributed by atoms with Gasteiger partial charge in [-0.15, -0.1) is 0 Å². The third kappa shape index (κ3) is 2.58. The second-order valence-corrected chi connectivity index (χ2v) is 4.04. The average molecular weight is 223 g/mol. The maximum absolute atomic E-state index is 11.1. The van der Waals surface area contributed by atoms with Crippen molar-refractivity contribution in [3.63, 3.8) is 0 Å². The average Bonchev–Trinajstić information content (AvgIpc) is 2.26. The first-order chi connectivity index (χ1) is 7.50. The molecule has 1 rings (SSSR count). The first-order valence-electron chi connectivity index (χ1n) is 5.36. The summed E-state index contributed by atoms with van der Waals surface area (Å²) >= 11 is 0. The van der Waals surface area contributed by atoms with Crippen LogP contribution in [0.1, 0.15) is 32.4 Å². The second-order valence-electron chi connectivity index (χ2n) is 4.04. The number of hydrogen-bond donors (Lipinski definition) is 2. The van der Waals surface area contributed by atoms with Gasteiger partial charge in [-0.1, -0.05) is 19.4 Å². The zero-order chi connectivity index (χ0) is 12.2. The Morgan fingerprint density at radius 1 is 1.56 bits per heavy atom. The van der Waals surface area contributed by atoms with Gasteiger partial charge in [0.15, 0.2) is 0 Å². The highest BCUT2D eigenvalue weighted by Gasteiger charge is 2.39. The van der Waals surface area contributed by atoms with Crippen molar-refractivity contribution in [3.05, 3.63) is 30.1 Å². The second kappa shape index (κ2) is 5.07. The quantitative estimate of drug-likeness (QED) is 0.798. The van der Waals surface area contributed by atoms with Crippen molar-refractivity contribution in [2.75, 3.05) is 0 Å². The molecule has 0 saturated heterocycles. The molecule has 88 valence electrons. The maximum Gasteiger partial charge on any atom is 0.309 e. The summed E-state index contributed by atoms with van der Waals surface area (Å²) in [6.45, 7) is 3.40. The van der Waals surface area contributed by atoms with E-state index in [9.17, 15) is 9.90 Å². The van der Waals surface area contributed by atoms with Crippen LogP contribution in [0.2, 0.25) is 0 Å². The topological polar surface area (TPSA) is 70.4 Å². The third-order valence-corrected chi connectivity index (χ3v) is 2.74. The Balaban J connectivity index is 3.02. The number of carboxylic acid groups (broad SMARTS) is 1. The lowest BCUT2D eigenvalue weighted by Gasteiger charge is -2.29. The van der Waals surface area contributed by atoms with Crippen LogP contribution in [0.15, 0.2) is 24.4 Å². The summed E-state index contributed by atoms with van der Waals surface area (Å²) in [5, 5.41) is 19.4. The molecule has 2 atom stereocenters. The molecule has 0 aromatic carbocycles. The Bertz CT molecular complexity index is 349. The first-order valence-corrected chi connectivity index (χ1v) is 5.36. The highest BCUT2D eigenvalue weighted by molar-refractivity contribution is 5.71. The number of pyridine rings is 1. The van der Waals surface area contributed by atoms with Gasteiger partial charge < -0.3 is 10.2 Å². The van der Waals surface area contributed by atoms with Crippen LogP contribution in [0.3, 0.4) is 0 Å². The van der Waals surface area contributed by atoms with E-state index in [1.54, 1.807) is 24.4 Å². The number of rotatable bonds is 5. The van der Waals surface area contributed by atoms with Crippen LogP contribution in [-0.2, 0) is 10.4 Å².